The normalized spacial score (nSPS) is 23.4. The number of hydrogen-bond acceptors (Lipinski definition) is 6. The zero-order valence-corrected chi connectivity index (χ0v) is 21.1. The number of amides is 4. The highest BCUT2D eigenvalue weighted by Gasteiger charge is 2.44. The Bertz CT molecular complexity index is 1010. The first-order valence-electron chi connectivity index (χ1n) is 11.9. The molecule has 3 aliphatic rings. The third-order valence-electron chi connectivity index (χ3n) is 6.80. The van der Waals surface area contributed by atoms with Crippen LogP contribution in [-0.4, -0.2) is 79.1 Å². The van der Waals surface area contributed by atoms with Gasteiger partial charge in [0.2, 0.25) is 11.8 Å². The van der Waals surface area contributed by atoms with Crippen molar-refractivity contribution in [1.82, 2.24) is 9.80 Å². The highest BCUT2D eigenvalue weighted by molar-refractivity contribution is 6.76. The molecule has 2 atom stereocenters. The van der Waals surface area contributed by atoms with Crippen LogP contribution in [-0.2, 0) is 25.7 Å². The molecule has 1 aromatic rings. The van der Waals surface area contributed by atoms with Crippen molar-refractivity contribution in [2.45, 2.75) is 57.5 Å². The summed E-state index contributed by atoms with van der Waals surface area (Å²) < 4.78 is 5.66. The predicted molar refractivity (Wildman–Crippen MR) is 128 cm³/mol. The van der Waals surface area contributed by atoms with E-state index in [2.05, 4.69) is 19.6 Å². The molecular formula is C24H33N3O6Si. The second kappa shape index (κ2) is 9.59. The Morgan fingerprint density at radius 2 is 1.88 bits per heavy atom. The molecule has 0 bridgehead atoms. The largest absolute Gasteiger partial charge is 0.396 e. The molecular weight excluding hydrogens is 454 g/mol. The van der Waals surface area contributed by atoms with Gasteiger partial charge in [0.25, 0.3) is 11.8 Å². The molecule has 1 aromatic carbocycles. The van der Waals surface area contributed by atoms with Crippen LogP contribution in [0.2, 0.25) is 25.7 Å². The molecule has 0 aliphatic carbocycles. The van der Waals surface area contributed by atoms with Crippen molar-refractivity contribution in [2.24, 2.45) is 5.92 Å². The molecule has 9 nitrogen and oxygen atoms in total. The molecule has 184 valence electrons. The zero-order valence-electron chi connectivity index (χ0n) is 20.1. The van der Waals surface area contributed by atoms with Gasteiger partial charge in [0.05, 0.1) is 0 Å². The summed E-state index contributed by atoms with van der Waals surface area (Å²) in [5, 5.41) is 9.47. The Morgan fingerprint density at radius 3 is 2.56 bits per heavy atom. The van der Waals surface area contributed by atoms with Gasteiger partial charge in [-0.25, -0.2) is 0 Å². The number of imide groups is 1. The van der Waals surface area contributed by atoms with Crippen LogP contribution in [0.4, 0.5) is 5.69 Å². The molecule has 3 heterocycles. The number of carbonyl (C=O) groups excluding carboxylic acids is 4. The SMILES string of the molecule is C[Si](C)(C)CCOCN1C(=O)CCC(N2Cc3c(cccc3N3CC(CO)CC3=O)C2=O)C1=O. The number of rotatable bonds is 8. The maximum absolute atomic E-state index is 13.3. The van der Waals surface area contributed by atoms with Gasteiger partial charge in [-0.2, -0.15) is 0 Å². The third kappa shape index (κ3) is 4.80. The van der Waals surface area contributed by atoms with Crippen molar-refractivity contribution in [3.63, 3.8) is 0 Å². The van der Waals surface area contributed by atoms with E-state index in [1.54, 1.807) is 23.1 Å². The molecule has 2 unspecified atom stereocenters. The molecule has 4 amide bonds. The van der Waals surface area contributed by atoms with Crippen LogP contribution in [0.15, 0.2) is 18.2 Å². The van der Waals surface area contributed by atoms with Gasteiger partial charge in [0.15, 0.2) is 0 Å². The Hall–Kier alpha value is -2.56. The fourth-order valence-electron chi connectivity index (χ4n) is 4.76. The van der Waals surface area contributed by atoms with Gasteiger partial charge in [-0.15, -0.1) is 0 Å². The molecule has 34 heavy (non-hydrogen) atoms. The fraction of sp³-hybridized carbons (Fsp3) is 0.583. The van der Waals surface area contributed by atoms with E-state index in [0.717, 1.165) is 10.9 Å². The summed E-state index contributed by atoms with van der Waals surface area (Å²) in [5.74, 6) is -1.17. The van der Waals surface area contributed by atoms with Gasteiger partial charge < -0.3 is 19.6 Å². The maximum atomic E-state index is 13.3. The quantitative estimate of drug-likeness (QED) is 0.341. The van der Waals surface area contributed by atoms with E-state index in [9.17, 15) is 24.3 Å². The Labute approximate surface area is 200 Å². The van der Waals surface area contributed by atoms with Crippen molar-refractivity contribution >= 4 is 37.4 Å². The smallest absolute Gasteiger partial charge is 0.255 e. The minimum absolute atomic E-state index is 0.0667. The second-order valence-electron chi connectivity index (χ2n) is 10.6. The molecule has 1 N–H and O–H groups in total. The number of hydrogen-bond donors (Lipinski definition) is 1. The van der Waals surface area contributed by atoms with E-state index in [4.69, 9.17) is 4.74 Å². The molecule has 3 aliphatic heterocycles. The Kier molecular flexibility index (Phi) is 6.93. The number of aliphatic hydroxyl groups excluding tert-OH is 1. The van der Waals surface area contributed by atoms with Crippen LogP contribution in [0.5, 0.6) is 0 Å². The third-order valence-corrected chi connectivity index (χ3v) is 8.51. The van der Waals surface area contributed by atoms with Gasteiger partial charge in [0.1, 0.15) is 12.8 Å². The van der Waals surface area contributed by atoms with Crippen molar-refractivity contribution in [1.29, 1.82) is 0 Å². The van der Waals surface area contributed by atoms with Crippen molar-refractivity contribution in [2.75, 3.05) is 31.4 Å². The Morgan fingerprint density at radius 1 is 1.12 bits per heavy atom. The molecule has 10 heteroatoms. The van der Waals surface area contributed by atoms with E-state index < -0.39 is 20.0 Å². The lowest BCUT2D eigenvalue weighted by Crippen LogP contribution is -2.55. The summed E-state index contributed by atoms with van der Waals surface area (Å²) in [5.41, 5.74) is 1.84. The van der Waals surface area contributed by atoms with E-state index >= 15 is 0 Å². The lowest BCUT2D eigenvalue weighted by atomic mass is 10.0. The first-order valence-corrected chi connectivity index (χ1v) is 15.6. The summed E-state index contributed by atoms with van der Waals surface area (Å²) in [6.45, 7) is 7.63. The first kappa shape index (κ1) is 24.6. The van der Waals surface area contributed by atoms with Crippen LogP contribution in [0.25, 0.3) is 0 Å². The molecule has 0 saturated carbocycles. The lowest BCUT2D eigenvalue weighted by Gasteiger charge is -2.35. The monoisotopic (exact) mass is 487 g/mol. The van der Waals surface area contributed by atoms with Crippen LogP contribution in [0.1, 0.15) is 35.2 Å². The number of piperidine rings is 1. The number of anilines is 1. The minimum atomic E-state index is -1.29. The number of fused-ring (bicyclic) bond motifs is 1. The Balaban J connectivity index is 1.49. The summed E-state index contributed by atoms with van der Waals surface area (Å²) in [6, 6.07) is 5.44. The van der Waals surface area contributed by atoms with Gasteiger partial charge in [-0.05, 0) is 24.6 Å². The van der Waals surface area contributed by atoms with Crippen LogP contribution in [0.3, 0.4) is 0 Å². The topological polar surface area (TPSA) is 107 Å². The average molecular weight is 488 g/mol. The van der Waals surface area contributed by atoms with Gasteiger partial charge >= 0.3 is 0 Å². The number of ether oxygens (including phenoxy) is 1. The molecule has 2 fully saturated rings. The van der Waals surface area contributed by atoms with Crippen molar-refractivity contribution in [3.8, 4) is 0 Å². The van der Waals surface area contributed by atoms with E-state index in [0.29, 0.717) is 30.0 Å². The fourth-order valence-corrected chi connectivity index (χ4v) is 5.52. The number of aliphatic hydroxyl groups is 1. The number of likely N-dealkylation sites (tertiary alicyclic amines) is 1. The van der Waals surface area contributed by atoms with Crippen molar-refractivity contribution < 1.29 is 29.0 Å². The van der Waals surface area contributed by atoms with Crippen LogP contribution >= 0.6 is 0 Å². The minimum Gasteiger partial charge on any atom is -0.396 e. The van der Waals surface area contributed by atoms with Crippen LogP contribution in [0, 0.1) is 5.92 Å². The number of carbonyl (C=O) groups is 4. The molecule has 4 rings (SSSR count). The number of benzene rings is 1. The summed E-state index contributed by atoms with van der Waals surface area (Å²) in [6.07, 6.45) is 0.713. The number of nitrogens with zero attached hydrogens (tertiary/aromatic N) is 3. The van der Waals surface area contributed by atoms with Crippen molar-refractivity contribution in [3.05, 3.63) is 29.3 Å². The summed E-state index contributed by atoms with van der Waals surface area (Å²) in [4.78, 5) is 55.8. The highest BCUT2D eigenvalue weighted by Crippen LogP contribution is 2.37. The first-order chi connectivity index (χ1) is 16.1. The van der Waals surface area contributed by atoms with Gasteiger partial charge in [-0.1, -0.05) is 25.7 Å². The lowest BCUT2D eigenvalue weighted by molar-refractivity contribution is -0.158. The molecule has 0 radical (unpaired) electrons. The second-order valence-corrected chi connectivity index (χ2v) is 16.2. The van der Waals surface area contributed by atoms with Crippen LogP contribution < -0.4 is 4.90 Å². The predicted octanol–water partition coefficient (Wildman–Crippen LogP) is 1.82. The summed E-state index contributed by atoms with van der Waals surface area (Å²) >= 11 is 0. The van der Waals surface area contributed by atoms with Gasteiger partial charge in [0, 0.05) is 70.0 Å². The highest BCUT2D eigenvalue weighted by atomic mass is 28.3. The van der Waals surface area contributed by atoms with E-state index in [1.165, 1.54) is 4.90 Å². The molecule has 0 spiro atoms. The average Bonchev–Trinajstić information content (AvgIpc) is 3.32. The van der Waals surface area contributed by atoms with E-state index in [1.807, 2.05) is 0 Å². The summed E-state index contributed by atoms with van der Waals surface area (Å²) in [7, 11) is -1.29. The maximum Gasteiger partial charge on any atom is 0.255 e. The molecule has 0 aromatic heterocycles. The zero-order chi connectivity index (χ0) is 24.6. The molecule has 2 saturated heterocycles. The van der Waals surface area contributed by atoms with E-state index in [-0.39, 0.29) is 62.8 Å². The standard InChI is InChI=1S/C24H33N3O6Si/c1-34(2,3)10-9-33-15-27-21(29)8-7-20(24(27)32)26-13-18-17(23(26)31)5-4-6-19(18)25-12-16(14-28)11-22(25)30/h4-6,16,20,28H,7-15H2,1-3H3. The van der Waals surface area contributed by atoms with Gasteiger partial charge in [-0.3, -0.25) is 24.1 Å².